The lowest BCUT2D eigenvalue weighted by Gasteiger charge is -2.15. The quantitative estimate of drug-likeness (QED) is 0.825. The van der Waals surface area contributed by atoms with Crippen LogP contribution in [0.5, 0.6) is 0 Å². The fraction of sp³-hybridized carbons (Fsp3) is 0.462. The lowest BCUT2D eigenvalue weighted by molar-refractivity contribution is 0.490. The number of benzene rings is 1. The summed E-state index contributed by atoms with van der Waals surface area (Å²) in [6.45, 7) is 2.40. The molecule has 0 aromatic heterocycles. The molecule has 1 atom stereocenters. The van der Waals surface area contributed by atoms with Gasteiger partial charge in [0, 0.05) is 11.0 Å². The highest BCUT2D eigenvalue weighted by atomic mass is 79.9. The van der Waals surface area contributed by atoms with Crippen LogP contribution in [-0.2, 0) is 16.4 Å². The monoisotopic (exact) mass is 344 g/mol. The number of nitrogens with zero attached hydrogens (tertiary/aromatic N) is 1. The van der Waals surface area contributed by atoms with Crippen molar-refractivity contribution < 1.29 is 8.42 Å². The first-order chi connectivity index (χ1) is 8.96. The number of sulfonamides is 1. The van der Waals surface area contributed by atoms with Gasteiger partial charge in [-0.2, -0.15) is 5.26 Å². The zero-order chi connectivity index (χ0) is 14.3. The van der Waals surface area contributed by atoms with Crippen molar-refractivity contribution >= 4 is 26.0 Å². The number of hydrogen-bond donors (Lipinski definition) is 1. The van der Waals surface area contributed by atoms with Gasteiger partial charge in [-0.25, -0.2) is 13.1 Å². The van der Waals surface area contributed by atoms with E-state index >= 15 is 0 Å². The second kappa shape index (κ2) is 7.63. The molecule has 0 heterocycles. The molecule has 1 aromatic rings. The maximum absolute atomic E-state index is 11.4. The lowest BCUT2D eigenvalue weighted by Crippen LogP contribution is -2.31. The zero-order valence-electron chi connectivity index (χ0n) is 10.8. The van der Waals surface area contributed by atoms with Crippen molar-refractivity contribution in [1.29, 1.82) is 5.26 Å². The number of rotatable bonds is 7. The van der Waals surface area contributed by atoms with Gasteiger partial charge >= 0.3 is 0 Å². The van der Waals surface area contributed by atoms with Gasteiger partial charge in [0.15, 0.2) is 5.75 Å². The van der Waals surface area contributed by atoms with Crippen molar-refractivity contribution in [3.05, 3.63) is 34.3 Å². The van der Waals surface area contributed by atoms with Gasteiger partial charge in [0.05, 0.1) is 6.07 Å². The number of nitrogens with one attached hydrogen (secondary N) is 1. The van der Waals surface area contributed by atoms with E-state index in [4.69, 9.17) is 5.26 Å². The normalized spacial score (nSPS) is 12.9. The van der Waals surface area contributed by atoms with Crippen molar-refractivity contribution in [2.75, 3.05) is 12.3 Å². The summed E-state index contributed by atoms with van der Waals surface area (Å²) in [5, 5.41) is 8.42. The van der Waals surface area contributed by atoms with Gasteiger partial charge in [-0.1, -0.05) is 41.4 Å². The van der Waals surface area contributed by atoms with Gasteiger partial charge in [-0.15, -0.1) is 0 Å². The molecule has 0 aliphatic carbocycles. The van der Waals surface area contributed by atoms with Crippen LogP contribution in [0, 0.1) is 17.2 Å². The molecular weight excluding hydrogens is 328 g/mol. The second-order valence-electron chi connectivity index (χ2n) is 4.37. The Morgan fingerprint density at radius 3 is 2.79 bits per heavy atom. The maximum atomic E-state index is 11.4. The van der Waals surface area contributed by atoms with E-state index in [-0.39, 0.29) is 5.92 Å². The van der Waals surface area contributed by atoms with Gasteiger partial charge in [0.2, 0.25) is 10.0 Å². The molecule has 0 saturated carbocycles. The van der Waals surface area contributed by atoms with Crippen LogP contribution >= 0.6 is 15.9 Å². The minimum atomic E-state index is -3.46. The molecule has 1 N–H and O–H groups in total. The van der Waals surface area contributed by atoms with E-state index in [0.29, 0.717) is 6.54 Å². The smallest absolute Gasteiger partial charge is 0.214 e. The summed E-state index contributed by atoms with van der Waals surface area (Å²) in [6.07, 6.45) is 1.69. The number of hydrogen-bond acceptors (Lipinski definition) is 3. The van der Waals surface area contributed by atoms with Crippen LogP contribution in [0.3, 0.4) is 0 Å². The van der Waals surface area contributed by atoms with Crippen molar-refractivity contribution in [3.8, 4) is 6.07 Å². The molecule has 0 radical (unpaired) electrons. The van der Waals surface area contributed by atoms with Crippen molar-refractivity contribution in [1.82, 2.24) is 4.72 Å². The minimum Gasteiger partial charge on any atom is -0.214 e. The predicted molar refractivity (Wildman–Crippen MR) is 79.0 cm³/mol. The Morgan fingerprint density at radius 2 is 2.21 bits per heavy atom. The molecule has 0 fully saturated rings. The molecule has 6 heteroatoms. The Labute approximate surface area is 123 Å². The van der Waals surface area contributed by atoms with Crippen LogP contribution in [0.1, 0.15) is 18.9 Å². The molecule has 0 spiro atoms. The summed E-state index contributed by atoms with van der Waals surface area (Å²) < 4.78 is 26.3. The molecule has 1 aromatic carbocycles. The van der Waals surface area contributed by atoms with Crippen molar-refractivity contribution in [3.63, 3.8) is 0 Å². The van der Waals surface area contributed by atoms with Gasteiger partial charge in [0.25, 0.3) is 0 Å². The molecular formula is C13H17BrN2O2S. The SMILES string of the molecule is CC[C@H](CNS(=O)(=O)CC#N)Cc1cccc(Br)c1. The average molecular weight is 345 g/mol. The maximum Gasteiger partial charge on any atom is 0.225 e. The Balaban J connectivity index is 2.58. The van der Waals surface area contributed by atoms with Crippen LogP contribution in [0.25, 0.3) is 0 Å². The standard InChI is InChI=1S/C13H17BrN2O2S/c1-2-11(10-16-19(17,18)7-6-15)8-12-4-3-5-13(14)9-12/h3-5,9,11,16H,2,7-8,10H2,1H3/t11-/m0/s1. The van der Waals surface area contributed by atoms with E-state index in [9.17, 15) is 8.42 Å². The van der Waals surface area contributed by atoms with E-state index in [1.165, 1.54) is 5.56 Å². The summed E-state index contributed by atoms with van der Waals surface area (Å²) in [4.78, 5) is 0. The second-order valence-corrected chi connectivity index (χ2v) is 7.10. The van der Waals surface area contributed by atoms with Gasteiger partial charge < -0.3 is 0 Å². The lowest BCUT2D eigenvalue weighted by atomic mass is 9.97. The molecule has 0 bridgehead atoms. The molecule has 0 aliphatic heterocycles. The molecule has 0 unspecified atom stereocenters. The Hall–Kier alpha value is -0.900. The van der Waals surface area contributed by atoms with Crippen LogP contribution in [0.15, 0.2) is 28.7 Å². The first kappa shape index (κ1) is 16.2. The van der Waals surface area contributed by atoms with E-state index in [1.54, 1.807) is 6.07 Å². The molecule has 0 aliphatic rings. The fourth-order valence-electron chi connectivity index (χ4n) is 1.74. The van der Waals surface area contributed by atoms with Crippen molar-refractivity contribution in [2.45, 2.75) is 19.8 Å². The fourth-order valence-corrected chi connectivity index (χ4v) is 2.95. The third-order valence-corrected chi connectivity index (χ3v) is 4.45. The molecule has 0 saturated heterocycles. The first-order valence-corrected chi connectivity index (χ1v) is 8.50. The Bertz CT molecular complexity index is 552. The Kier molecular flexibility index (Phi) is 6.49. The van der Waals surface area contributed by atoms with Crippen molar-refractivity contribution in [2.24, 2.45) is 5.92 Å². The van der Waals surface area contributed by atoms with Gasteiger partial charge in [0.1, 0.15) is 0 Å². The Morgan fingerprint density at radius 1 is 1.47 bits per heavy atom. The van der Waals surface area contributed by atoms with E-state index in [1.807, 2.05) is 31.2 Å². The minimum absolute atomic E-state index is 0.225. The summed E-state index contributed by atoms with van der Waals surface area (Å²) in [6, 6.07) is 9.63. The summed E-state index contributed by atoms with van der Waals surface area (Å²) >= 11 is 3.42. The summed E-state index contributed by atoms with van der Waals surface area (Å²) in [5.41, 5.74) is 1.17. The predicted octanol–water partition coefficient (Wildman–Crippen LogP) is 2.46. The summed E-state index contributed by atoms with van der Waals surface area (Å²) in [5.74, 6) is -0.261. The highest BCUT2D eigenvalue weighted by molar-refractivity contribution is 9.10. The largest absolute Gasteiger partial charge is 0.225 e. The van der Waals surface area contributed by atoms with E-state index < -0.39 is 15.8 Å². The first-order valence-electron chi connectivity index (χ1n) is 6.05. The highest BCUT2D eigenvalue weighted by Crippen LogP contribution is 2.16. The van der Waals surface area contributed by atoms with E-state index in [2.05, 4.69) is 20.7 Å². The topological polar surface area (TPSA) is 70.0 Å². The highest BCUT2D eigenvalue weighted by Gasteiger charge is 2.13. The van der Waals surface area contributed by atoms with Crippen LogP contribution < -0.4 is 4.72 Å². The van der Waals surface area contributed by atoms with Crippen LogP contribution in [0.2, 0.25) is 0 Å². The van der Waals surface area contributed by atoms with E-state index in [0.717, 1.165) is 17.3 Å². The zero-order valence-corrected chi connectivity index (χ0v) is 13.2. The number of halogens is 1. The molecule has 4 nitrogen and oxygen atoms in total. The number of nitriles is 1. The third kappa shape index (κ3) is 6.19. The van der Waals surface area contributed by atoms with Crippen LogP contribution in [0.4, 0.5) is 0 Å². The van der Waals surface area contributed by atoms with Crippen LogP contribution in [-0.4, -0.2) is 20.7 Å². The molecule has 1 rings (SSSR count). The average Bonchev–Trinajstić information content (AvgIpc) is 2.34. The molecule has 19 heavy (non-hydrogen) atoms. The third-order valence-electron chi connectivity index (χ3n) is 2.84. The summed E-state index contributed by atoms with van der Waals surface area (Å²) in [7, 11) is -3.46. The molecule has 104 valence electrons. The molecule has 0 amide bonds. The van der Waals surface area contributed by atoms with Gasteiger partial charge in [-0.05, 0) is 30.0 Å². The van der Waals surface area contributed by atoms with Gasteiger partial charge in [-0.3, -0.25) is 0 Å².